The Morgan fingerprint density at radius 3 is 2.67 bits per heavy atom. The van der Waals surface area contributed by atoms with E-state index in [0.29, 0.717) is 17.5 Å². The largest absolute Gasteiger partial charge is 0.302 e. The lowest BCUT2D eigenvalue weighted by atomic mass is 10.2. The van der Waals surface area contributed by atoms with Crippen molar-refractivity contribution >= 4 is 33.7 Å². The molecular weight excluding hydrogens is 266 g/mol. The molecular formula is C12H15N3OS2. The Morgan fingerprint density at radius 1 is 1.33 bits per heavy atom. The number of aromatic nitrogens is 2. The van der Waals surface area contributed by atoms with Crippen molar-refractivity contribution in [1.29, 1.82) is 0 Å². The van der Waals surface area contributed by atoms with Gasteiger partial charge in [-0.25, -0.2) is 9.97 Å². The summed E-state index contributed by atoms with van der Waals surface area (Å²) < 4.78 is 0. The quantitative estimate of drug-likeness (QED) is 0.936. The van der Waals surface area contributed by atoms with Crippen molar-refractivity contribution in [1.82, 2.24) is 9.97 Å². The SMILES string of the molecule is Cc1csc(NC(=O)Cc2csc(C(C)C)n2)n1. The zero-order chi connectivity index (χ0) is 13.1. The van der Waals surface area contributed by atoms with Gasteiger partial charge in [-0.1, -0.05) is 13.8 Å². The highest BCUT2D eigenvalue weighted by molar-refractivity contribution is 7.13. The standard InChI is InChI=1S/C12H15N3OS2/c1-7(2)11-14-9(6-17-11)4-10(16)15-12-13-8(3)5-18-12/h5-7H,4H2,1-3H3,(H,13,15,16). The molecule has 0 aliphatic heterocycles. The molecule has 0 saturated heterocycles. The van der Waals surface area contributed by atoms with Crippen LogP contribution < -0.4 is 5.32 Å². The maximum Gasteiger partial charge on any atom is 0.232 e. The van der Waals surface area contributed by atoms with Gasteiger partial charge in [0.2, 0.25) is 5.91 Å². The third kappa shape index (κ3) is 3.36. The first-order chi connectivity index (χ1) is 8.54. The van der Waals surface area contributed by atoms with Crippen molar-refractivity contribution in [2.45, 2.75) is 33.1 Å². The number of nitrogens with zero attached hydrogens (tertiary/aromatic N) is 2. The number of carbonyl (C=O) groups excluding carboxylic acids is 1. The molecule has 1 amide bonds. The molecule has 2 heterocycles. The van der Waals surface area contributed by atoms with Gasteiger partial charge in [-0.2, -0.15) is 0 Å². The van der Waals surface area contributed by atoms with Gasteiger partial charge in [0.1, 0.15) is 0 Å². The molecule has 0 unspecified atom stereocenters. The van der Waals surface area contributed by atoms with Crippen LogP contribution in [0.4, 0.5) is 5.13 Å². The Hall–Kier alpha value is -1.27. The molecule has 0 fully saturated rings. The van der Waals surface area contributed by atoms with Crippen molar-refractivity contribution in [3.05, 3.63) is 27.2 Å². The summed E-state index contributed by atoms with van der Waals surface area (Å²) in [5.41, 5.74) is 1.75. The highest BCUT2D eigenvalue weighted by atomic mass is 32.1. The van der Waals surface area contributed by atoms with Crippen LogP contribution in [0.15, 0.2) is 10.8 Å². The number of hydrogen-bond acceptors (Lipinski definition) is 5. The molecule has 0 atom stereocenters. The molecule has 0 radical (unpaired) electrons. The van der Waals surface area contributed by atoms with Crippen molar-refractivity contribution < 1.29 is 4.79 Å². The van der Waals surface area contributed by atoms with E-state index in [0.717, 1.165) is 16.4 Å². The fourth-order valence-corrected chi connectivity index (χ4v) is 2.95. The third-order valence-electron chi connectivity index (χ3n) is 2.27. The number of amides is 1. The first-order valence-corrected chi connectivity index (χ1v) is 7.47. The lowest BCUT2D eigenvalue weighted by Crippen LogP contribution is -2.14. The van der Waals surface area contributed by atoms with Gasteiger partial charge >= 0.3 is 0 Å². The van der Waals surface area contributed by atoms with Crippen LogP contribution in [0.25, 0.3) is 0 Å². The number of carbonyl (C=O) groups is 1. The van der Waals surface area contributed by atoms with Gasteiger partial charge in [0.05, 0.1) is 22.8 Å². The van der Waals surface area contributed by atoms with Crippen molar-refractivity contribution in [3.63, 3.8) is 0 Å². The average Bonchev–Trinajstić information content (AvgIpc) is 2.88. The fourth-order valence-electron chi connectivity index (χ4n) is 1.41. The van der Waals surface area contributed by atoms with Crippen LogP contribution in [0, 0.1) is 6.92 Å². The Labute approximate surface area is 114 Å². The van der Waals surface area contributed by atoms with Crippen molar-refractivity contribution in [3.8, 4) is 0 Å². The van der Waals surface area contributed by atoms with Gasteiger partial charge in [-0.15, -0.1) is 22.7 Å². The van der Waals surface area contributed by atoms with Gasteiger partial charge in [0.15, 0.2) is 5.13 Å². The van der Waals surface area contributed by atoms with E-state index < -0.39 is 0 Å². The fraction of sp³-hybridized carbons (Fsp3) is 0.417. The Morgan fingerprint density at radius 2 is 2.11 bits per heavy atom. The molecule has 4 nitrogen and oxygen atoms in total. The smallest absolute Gasteiger partial charge is 0.232 e. The summed E-state index contributed by atoms with van der Waals surface area (Å²) in [5, 5.41) is 8.36. The molecule has 0 bridgehead atoms. The van der Waals surface area contributed by atoms with Gasteiger partial charge in [-0.05, 0) is 6.92 Å². The molecule has 0 aromatic carbocycles. The first kappa shape index (κ1) is 13.2. The number of rotatable bonds is 4. The minimum atomic E-state index is -0.0649. The Balaban J connectivity index is 1.94. The van der Waals surface area contributed by atoms with E-state index in [2.05, 4.69) is 29.1 Å². The van der Waals surface area contributed by atoms with Crippen molar-refractivity contribution in [2.24, 2.45) is 0 Å². The minimum absolute atomic E-state index is 0.0649. The average molecular weight is 281 g/mol. The summed E-state index contributed by atoms with van der Waals surface area (Å²) in [7, 11) is 0. The lowest BCUT2D eigenvalue weighted by Gasteiger charge is -1.99. The molecule has 18 heavy (non-hydrogen) atoms. The van der Waals surface area contributed by atoms with Gasteiger partial charge in [0, 0.05) is 16.7 Å². The van der Waals surface area contributed by atoms with E-state index in [9.17, 15) is 4.79 Å². The molecule has 0 aliphatic rings. The number of nitrogens with one attached hydrogen (secondary N) is 1. The summed E-state index contributed by atoms with van der Waals surface area (Å²) in [5.74, 6) is 0.346. The molecule has 2 aromatic rings. The third-order valence-corrected chi connectivity index (χ3v) is 4.34. The molecule has 6 heteroatoms. The second kappa shape index (κ2) is 5.58. The second-order valence-corrected chi connectivity index (χ2v) is 6.10. The molecule has 0 aliphatic carbocycles. The van der Waals surface area contributed by atoms with Crippen LogP contribution in [0.1, 0.15) is 36.2 Å². The van der Waals surface area contributed by atoms with Gasteiger partial charge in [-0.3, -0.25) is 4.79 Å². The summed E-state index contributed by atoms with van der Waals surface area (Å²) in [6.07, 6.45) is 0.307. The first-order valence-electron chi connectivity index (χ1n) is 5.71. The van der Waals surface area contributed by atoms with Crippen LogP contribution in [-0.2, 0) is 11.2 Å². The predicted molar refractivity (Wildman–Crippen MR) is 75.4 cm³/mol. The van der Waals surface area contributed by atoms with Gasteiger partial charge < -0.3 is 5.32 Å². The summed E-state index contributed by atoms with van der Waals surface area (Å²) in [6, 6.07) is 0. The summed E-state index contributed by atoms with van der Waals surface area (Å²) >= 11 is 3.04. The number of hydrogen-bond donors (Lipinski definition) is 1. The summed E-state index contributed by atoms with van der Waals surface area (Å²) in [6.45, 7) is 6.10. The molecule has 0 saturated carbocycles. The normalized spacial score (nSPS) is 10.9. The van der Waals surface area contributed by atoms with Crippen LogP contribution in [0.2, 0.25) is 0 Å². The molecule has 0 spiro atoms. The maximum atomic E-state index is 11.8. The Bertz CT molecular complexity index is 545. The lowest BCUT2D eigenvalue weighted by molar-refractivity contribution is -0.115. The van der Waals surface area contributed by atoms with Gasteiger partial charge in [0.25, 0.3) is 0 Å². The van der Waals surface area contributed by atoms with E-state index in [4.69, 9.17) is 0 Å². The van der Waals surface area contributed by atoms with E-state index in [-0.39, 0.29) is 5.91 Å². The van der Waals surface area contributed by atoms with E-state index in [1.165, 1.54) is 11.3 Å². The van der Waals surface area contributed by atoms with E-state index in [1.54, 1.807) is 11.3 Å². The summed E-state index contributed by atoms with van der Waals surface area (Å²) in [4.78, 5) is 20.4. The monoisotopic (exact) mass is 281 g/mol. The number of anilines is 1. The van der Waals surface area contributed by atoms with E-state index in [1.807, 2.05) is 17.7 Å². The Kier molecular flexibility index (Phi) is 4.08. The topological polar surface area (TPSA) is 54.9 Å². The number of thiazole rings is 2. The molecule has 2 rings (SSSR count). The maximum absolute atomic E-state index is 11.8. The highest BCUT2D eigenvalue weighted by Crippen LogP contribution is 2.20. The zero-order valence-corrected chi connectivity index (χ0v) is 12.2. The predicted octanol–water partition coefficient (Wildman–Crippen LogP) is 3.21. The van der Waals surface area contributed by atoms with Crippen LogP contribution in [-0.4, -0.2) is 15.9 Å². The van der Waals surface area contributed by atoms with E-state index >= 15 is 0 Å². The number of aryl methyl sites for hydroxylation is 1. The zero-order valence-electron chi connectivity index (χ0n) is 10.6. The van der Waals surface area contributed by atoms with Crippen LogP contribution in [0.5, 0.6) is 0 Å². The van der Waals surface area contributed by atoms with Crippen LogP contribution in [0.3, 0.4) is 0 Å². The van der Waals surface area contributed by atoms with Crippen LogP contribution >= 0.6 is 22.7 Å². The van der Waals surface area contributed by atoms with Crippen molar-refractivity contribution in [2.75, 3.05) is 5.32 Å². The molecule has 96 valence electrons. The second-order valence-electron chi connectivity index (χ2n) is 4.35. The molecule has 2 aromatic heterocycles. The molecule has 1 N–H and O–H groups in total. The highest BCUT2D eigenvalue weighted by Gasteiger charge is 2.11. The minimum Gasteiger partial charge on any atom is -0.302 e.